The Balaban J connectivity index is 2.08. The highest BCUT2D eigenvalue weighted by Crippen LogP contribution is 2.34. The minimum atomic E-state index is -0.419. The number of halogens is 2. The van der Waals surface area contributed by atoms with Crippen molar-refractivity contribution in [1.82, 2.24) is 4.90 Å². The van der Waals surface area contributed by atoms with Gasteiger partial charge in [0, 0.05) is 29.7 Å². The molecule has 20 heavy (non-hydrogen) atoms. The summed E-state index contributed by atoms with van der Waals surface area (Å²) in [5.74, 6) is -0.564. The molecule has 1 N–H and O–H groups in total. The van der Waals surface area contributed by atoms with Gasteiger partial charge in [0.1, 0.15) is 5.82 Å². The Morgan fingerprint density at radius 3 is 2.55 bits per heavy atom. The summed E-state index contributed by atoms with van der Waals surface area (Å²) >= 11 is 3.20. The predicted octanol–water partition coefficient (Wildman–Crippen LogP) is 3.21. The van der Waals surface area contributed by atoms with Gasteiger partial charge in [-0.05, 0) is 42.9 Å². The summed E-state index contributed by atoms with van der Waals surface area (Å²) in [5, 5.41) is 9.50. The Bertz CT molecular complexity index is 472. The summed E-state index contributed by atoms with van der Waals surface area (Å²) in [4.78, 5) is 14.1. The molecule has 1 fully saturated rings. The van der Waals surface area contributed by atoms with Gasteiger partial charge in [-0.2, -0.15) is 0 Å². The second kappa shape index (κ2) is 6.22. The fourth-order valence-corrected chi connectivity index (χ4v) is 3.13. The summed E-state index contributed by atoms with van der Waals surface area (Å²) in [6.45, 7) is 3.46. The molecule has 1 aliphatic heterocycles. The van der Waals surface area contributed by atoms with Gasteiger partial charge in [-0.15, -0.1) is 0 Å². The summed E-state index contributed by atoms with van der Waals surface area (Å²) in [6.07, 6.45) is 2.50. The largest absolute Gasteiger partial charge is 0.396 e. The maximum absolute atomic E-state index is 13.4. The molecule has 0 saturated carbocycles. The third-order valence-corrected chi connectivity index (χ3v) is 4.76. The molecule has 1 aromatic rings. The number of piperidine rings is 1. The number of benzene rings is 1. The first-order valence-electron chi connectivity index (χ1n) is 6.86. The zero-order valence-electron chi connectivity index (χ0n) is 11.5. The molecule has 0 radical (unpaired) electrons. The lowest BCUT2D eigenvalue weighted by Crippen LogP contribution is -2.44. The molecule has 0 bridgehead atoms. The summed E-state index contributed by atoms with van der Waals surface area (Å²) in [5.41, 5.74) is 0.309. The lowest BCUT2D eigenvalue weighted by atomic mass is 9.77. The number of rotatable bonds is 3. The van der Waals surface area contributed by atoms with Crippen LogP contribution in [0.4, 0.5) is 4.39 Å². The van der Waals surface area contributed by atoms with Gasteiger partial charge in [0.2, 0.25) is 0 Å². The second-order valence-corrected chi connectivity index (χ2v) is 6.38. The Morgan fingerprint density at radius 2 is 2.05 bits per heavy atom. The SMILES string of the molecule is CCC1(CO)CCN(C(=O)c2cc(F)cc(Br)c2)CC1. The van der Waals surface area contributed by atoms with E-state index in [0.29, 0.717) is 23.1 Å². The molecule has 5 heteroatoms. The van der Waals surface area contributed by atoms with Crippen LogP contribution < -0.4 is 0 Å². The Morgan fingerprint density at radius 1 is 1.40 bits per heavy atom. The maximum atomic E-state index is 13.4. The average Bonchev–Trinajstić information content (AvgIpc) is 2.45. The number of hydrogen-bond donors (Lipinski definition) is 1. The van der Waals surface area contributed by atoms with Gasteiger partial charge < -0.3 is 10.0 Å². The van der Waals surface area contributed by atoms with Crippen molar-refractivity contribution >= 4 is 21.8 Å². The van der Waals surface area contributed by atoms with E-state index in [2.05, 4.69) is 22.9 Å². The van der Waals surface area contributed by atoms with E-state index in [-0.39, 0.29) is 17.9 Å². The molecule has 1 aliphatic rings. The van der Waals surface area contributed by atoms with Gasteiger partial charge in [-0.1, -0.05) is 22.9 Å². The predicted molar refractivity (Wildman–Crippen MR) is 79.0 cm³/mol. The number of carbonyl (C=O) groups excluding carboxylic acids is 1. The fourth-order valence-electron chi connectivity index (χ4n) is 2.67. The van der Waals surface area contributed by atoms with Crippen LogP contribution in [0.2, 0.25) is 0 Å². The summed E-state index contributed by atoms with van der Waals surface area (Å²) in [7, 11) is 0. The molecule has 110 valence electrons. The smallest absolute Gasteiger partial charge is 0.253 e. The monoisotopic (exact) mass is 343 g/mol. The van der Waals surface area contributed by atoms with E-state index in [1.807, 2.05) is 0 Å². The second-order valence-electron chi connectivity index (χ2n) is 5.46. The van der Waals surface area contributed by atoms with Crippen LogP contribution in [0.5, 0.6) is 0 Å². The molecule has 0 spiro atoms. The van der Waals surface area contributed by atoms with Crippen molar-refractivity contribution in [1.29, 1.82) is 0 Å². The van der Waals surface area contributed by atoms with Gasteiger partial charge in [0.25, 0.3) is 5.91 Å². The zero-order valence-corrected chi connectivity index (χ0v) is 13.1. The van der Waals surface area contributed by atoms with Crippen molar-refractivity contribution < 1.29 is 14.3 Å². The summed E-state index contributed by atoms with van der Waals surface area (Å²) in [6, 6.07) is 4.24. The first-order chi connectivity index (χ1) is 9.49. The summed E-state index contributed by atoms with van der Waals surface area (Å²) < 4.78 is 13.9. The molecule has 1 heterocycles. The standard InChI is InChI=1S/C15H19BrFNO2/c1-2-15(10-19)3-5-18(6-4-15)14(20)11-7-12(16)9-13(17)8-11/h7-9,19H,2-6,10H2,1H3. The quantitative estimate of drug-likeness (QED) is 0.915. The molecular weight excluding hydrogens is 325 g/mol. The molecule has 1 aromatic carbocycles. The lowest BCUT2D eigenvalue weighted by molar-refractivity contribution is 0.0338. The van der Waals surface area contributed by atoms with E-state index in [1.54, 1.807) is 11.0 Å². The van der Waals surface area contributed by atoms with Gasteiger partial charge in [0.15, 0.2) is 0 Å². The Hall–Kier alpha value is -0.940. The third-order valence-electron chi connectivity index (χ3n) is 4.31. The lowest BCUT2D eigenvalue weighted by Gasteiger charge is -2.40. The third kappa shape index (κ3) is 3.20. The molecule has 3 nitrogen and oxygen atoms in total. The van der Waals surface area contributed by atoms with E-state index in [9.17, 15) is 14.3 Å². The highest BCUT2D eigenvalue weighted by atomic mass is 79.9. The Kier molecular flexibility index (Phi) is 4.81. The van der Waals surface area contributed by atoms with Crippen LogP contribution in [0.3, 0.4) is 0 Å². The van der Waals surface area contributed by atoms with Crippen LogP contribution in [-0.2, 0) is 0 Å². The number of likely N-dealkylation sites (tertiary alicyclic amines) is 1. The molecule has 1 saturated heterocycles. The first-order valence-corrected chi connectivity index (χ1v) is 7.65. The van der Waals surface area contributed by atoms with E-state index in [4.69, 9.17) is 0 Å². The van der Waals surface area contributed by atoms with Gasteiger partial charge in [0.05, 0.1) is 0 Å². The van der Waals surface area contributed by atoms with Crippen LogP contribution in [0.15, 0.2) is 22.7 Å². The van der Waals surface area contributed by atoms with Crippen molar-refractivity contribution in [2.45, 2.75) is 26.2 Å². The fraction of sp³-hybridized carbons (Fsp3) is 0.533. The van der Waals surface area contributed by atoms with Gasteiger partial charge in [-0.3, -0.25) is 4.79 Å². The number of amides is 1. The van der Waals surface area contributed by atoms with Crippen molar-refractivity contribution in [3.8, 4) is 0 Å². The van der Waals surface area contributed by atoms with Crippen molar-refractivity contribution in [2.75, 3.05) is 19.7 Å². The van der Waals surface area contributed by atoms with Crippen LogP contribution in [0.1, 0.15) is 36.5 Å². The number of nitrogens with zero attached hydrogens (tertiary/aromatic N) is 1. The van der Waals surface area contributed by atoms with Gasteiger partial charge >= 0.3 is 0 Å². The van der Waals surface area contributed by atoms with Gasteiger partial charge in [-0.25, -0.2) is 4.39 Å². The number of hydrogen-bond acceptors (Lipinski definition) is 2. The minimum Gasteiger partial charge on any atom is -0.396 e. The molecule has 0 aromatic heterocycles. The van der Waals surface area contributed by atoms with E-state index in [1.165, 1.54) is 12.1 Å². The molecule has 1 amide bonds. The van der Waals surface area contributed by atoms with Crippen LogP contribution >= 0.6 is 15.9 Å². The molecule has 0 aliphatic carbocycles. The maximum Gasteiger partial charge on any atom is 0.253 e. The van der Waals surface area contributed by atoms with Crippen molar-refractivity contribution in [3.63, 3.8) is 0 Å². The highest BCUT2D eigenvalue weighted by Gasteiger charge is 2.34. The normalized spacial score (nSPS) is 18.1. The van der Waals surface area contributed by atoms with E-state index >= 15 is 0 Å². The van der Waals surface area contributed by atoms with Crippen LogP contribution in [0.25, 0.3) is 0 Å². The van der Waals surface area contributed by atoms with Crippen LogP contribution in [0, 0.1) is 11.2 Å². The van der Waals surface area contributed by atoms with Crippen molar-refractivity contribution in [3.05, 3.63) is 34.1 Å². The highest BCUT2D eigenvalue weighted by molar-refractivity contribution is 9.10. The Labute approximate surface area is 126 Å². The van der Waals surface area contributed by atoms with Crippen LogP contribution in [-0.4, -0.2) is 35.6 Å². The van der Waals surface area contributed by atoms with Crippen molar-refractivity contribution in [2.24, 2.45) is 5.41 Å². The molecule has 0 unspecified atom stereocenters. The topological polar surface area (TPSA) is 40.5 Å². The first kappa shape index (κ1) is 15.4. The molecule has 0 atom stereocenters. The van der Waals surface area contributed by atoms with E-state index in [0.717, 1.165) is 19.3 Å². The zero-order chi connectivity index (χ0) is 14.8. The average molecular weight is 344 g/mol. The molecule has 2 rings (SSSR count). The molecular formula is C15H19BrFNO2. The number of aliphatic hydroxyl groups excluding tert-OH is 1. The number of carbonyl (C=O) groups is 1. The number of aliphatic hydroxyl groups is 1. The van der Waals surface area contributed by atoms with E-state index < -0.39 is 5.82 Å². The minimum absolute atomic E-state index is 0.0562.